The molecule has 1 spiro atoms. The molecule has 0 amide bonds. The Morgan fingerprint density at radius 1 is 1.09 bits per heavy atom. The van der Waals surface area contributed by atoms with Crippen LogP contribution in [-0.2, 0) is 14.3 Å². The van der Waals surface area contributed by atoms with E-state index >= 15 is 0 Å². The molecule has 5 nitrogen and oxygen atoms in total. The third-order valence-electron chi connectivity index (χ3n) is 9.76. The van der Waals surface area contributed by atoms with Crippen LogP contribution in [0.3, 0.4) is 0 Å². The van der Waals surface area contributed by atoms with Crippen molar-refractivity contribution in [2.45, 2.75) is 64.6 Å². The summed E-state index contributed by atoms with van der Waals surface area (Å²) in [6, 6.07) is 6.78. The summed E-state index contributed by atoms with van der Waals surface area (Å²) in [7, 11) is 0. The summed E-state index contributed by atoms with van der Waals surface area (Å²) in [6.45, 7) is 12.7. The molecule has 174 valence electrons. The molecule has 3 saturated heterocycles. The van der Waals surface area contributed by atoms with Gasteiger partial charge in [0.1, 0.15) is 6.10 Å². The summed E-state index contributed by atoms with van der Waals surface area (Å²) >= 11 is 0. The van der Waals surface area contributed by atoms with Gasteiger partial charge in [-0.3, -0.25) is 9.69 Å². The number of anilines is 1. The molecule has 6 rings (SSSR count). The van der Waals surface area contributed by atoms with Gasteiger partial charge >= 0.3 is 5.97 Å². The van der Waals surface area contributed by atoms with E-state index in [1.807, 2.05) is 0 Å². The largest absolute Gasteiger partial charge is 0.462 e. The fourth-order valence-corrected chi connectivity index (χ4v) is 7.55. The highest BCUT2D eigenvalue weighted by Crippen LogP contribution is 2.62. The number of hydrogen-bond donors (Lipinski definition) is 0. The number of epoxide rings is 1. The fourth-order valence-electron chi connectivity index (χ4n) is 7.55. The topological polar surface area (TPSA) is 45.3 Å². The molecule has 3 unspecified atom stereocenters. The zero-order chi connectivity index (χ0) is 22.1. The van der Waals surface area contributed by atoms with E-state index in [9.17, 15) is 4.79 Å². The van der Waals surface area contributed by atoms with Crippen LogP contribution in [0.1, 0.15) is 50.2 Å². The fraction of sp³-hybridized carbons (Fsp3) is 0.741. The molecule has 5 aliphatic rings. The molecule has 32 heavy (non-hydrogen) atoms. The van der Waals surface area contributed by atoms with Crippen molar-refractivity contribution in [3.05, 3.63) is 29.3 Å². The molecule has 0 N–H and O–H groups in total. The number of esters is 1. The number of piperazine rings is 1. The van der Waals surface area contributed by atoms with Crippen LogP contribution in [0, 0.1) is 37.0 Å². The predicted octanol–water partition coefficient (Wildman–Crippen LogP) is 3.95. The Bertz CT molecular complexity index is 904. The molecule has 3 heterocycles. The zero-order valence-electron chi connectivity index (χ0n) is 19.9. The van der Waals surface area contributed by atoms with E-state index in [0.29, 0.717) is 11.8 Å². The summed E-state index contributed by atoms with van der Waals surface area (Å²) in [4.78, 5) is 18.0. The van der Waals surface area contributed by atoms with E-state index < -0.39 is 0 Å². The van der Waals surface area contributed by atoms with Gasteiger partial charge in [-0.05, 0) is 80.5 Å². The molecular weight excluding hydrogens is 400 g/mol. The Morgan fingerprint density at radius 3 is 2.59 bits per heavy atom. The molecule has 2 saturated carbocycles. The van der Waals surface area contributed by atoms with Gasteiger partial charge in [-0.15, -0.1) is 0 Å². The van der Waals surface area contributed by atoms with Crippen LogP contribution < -0.4 is 4.90 Å². The van der Waals surface area contributed by atoms with Gasteiger partial charge < -0.3 is 14.4 Å². The molecule has 0 radical (unpaired) electrons. The van der Waals surface area contributed by atoms with Crippen molar-refractivity contribution in [1.29, 1.82) is 0 Å². The van der Waals surface area contributed by atoms with Crippen LogP contribution in [0.4, 0.5) is 5.69 Å². The molecule has 5 heteroatoms. The number of carbonyl (C=O) groups is 1. The maximum atomic E-state index is 13.0. The second-order valence-electron chi connectivity index (χ2n) is 11.7. The van der Waals surface area contributed by atoms with Gasteiger partial charge in [0, 0.05) is 44.3 Å². The minimum absolute atomic E-state index is 0.0374. The maximum Gasteiger partial charge on any atom is 0.310 e. The monoisotopic (exact) mass is 438 g/mol. The SMILES string of the molecule is Cc1ccc(N2CCN(CC3C(=O)O[C@@H]4C[C@@]5(C)CCCC6(CO6)C5C[C@H]34)CC2)cc1C. The molecule has 5 fully saturated rings. The first kappa shape index (κ1) is 21.0. The smallest absolute Gasteiger partial charge is 0.310 e. The lowest BCUT2D eigenvalue weighted by atomic mass is 9.53. The van der Waals surface area contributed by atoms with E-state index in [1.165, 1.54) is 36.1 Å². The molecule has 1 aromatic carbocycles. The number of hydrogen-bond acceptors (Lipinski definition) is 5. The molecule has 3 aliphatic heterocycles. The molecule has 0 aromatic heterocycles. The van der Waals surface area contributed by atoms with Crippen molar-refractivity contribution in [2.75, 3.05) is 44.2 Å². The van der Waals surface area contributed by atoms with Crippen LogP contribution >= 0.6 is 0 Å². The van der Waals surface area contributed by atoms with Gasteiger partial charge in [-0.1, -0.05) is 13.0 Å². The van der Waals surface area contributed by atoms with Gasteiger partial charge in [0.2, 0.25) is 0 Å². The van der Waals surface area contributed by atoms with Crippen molar-refractivity contribution >= 4 is 11.7 Å². The van der Waals surface area contributed by atoms with Gasteiger partial charge in [-0.25, -0.2) is 0 Å². The molecule has 1 aromatic rings. The number of aryl methyl sites for hydroxylation is 2. The number of carbonyl (C=O) groups excluding carboxylic acids is 1. The van der Waals surface area contributed by atoms with Crippen LogP contribution in [0.5, 0.6) is 0 Å². The van der Waals surface area contributed by atoms with Gasteiger partial charge in [0.15, 0.2) is 0 Å². The number of fused-ring (bicyclic) bond motifs is 3. The highest BCUT2D eigenvalue weighted by molar-refractivity contribution is 5.75. The Labute approximate surface area is 192 Å². The normalized spacial score (nSPS) is 41.3. The number of ether oxygens (including phenoxy) is 2. The average Bonchev–Trinajstić information content (AvgIpc) is 3.47. The first-order chi connectivity index (χ1) is 15.4. The quantitative estimate of drug-likeness (QED) is 0.528. The first-order valence-electron chi connectivity index (χ1n) is 12.8. The second-order valence-corrected chi connectivity index (χ2v) is 11.7. The summed E-state index contributed by atoms with van der Waals surface area (Å²) in [5, 5.41) is 0. The summed E-state index contributed by atoms with van der Waals surface area (Å²) in [5.74, 6) is 1.07. The van der Waals surface area contributed by atoms with Crippen molar-refractivity contribution < 1.29 is 14.3 Å². The van der Waals surface area contributed by atoms with E-state index in [4.69, 9.17) is 9.47 Å². The Hall–Kier alpha value is -1.59. The van der Waals surface area contributed by atoms with E-state index in [1.54, 1.807) is 0 Å². The standard InChI is InChI=1S/C27H38N2O3/c1-18-5-6-20(13-19(18)2)29-11-9-28(10-12-29)16-22-21-14-24-26(3,15-23(21)32-25(22)30)7-4-8-27(24)17-31-27/h5-6,13,21-24H,4,7-12,14-17H2,1-3H3/t21-,22?,23-,24?,26-,27?/m1/s1. The number of benzene rings is 1. The van der Waals surface area contributed by atoms with Gasteiger partial charge in [0.05, 0.1) is 18.1 Å². The van der Waals surface area contributed by atoms with Gasteiger partial charge in [-0.2, -0.15) is 0 Å². The van der Waals surface area contributed by atoms with E-state index in [-0.39, 0.29) is 29.0 Å². The highest BCUT2D eigenvalue weighted by atomic mass is 16.6. The minimum atomic E-state index is 0.0374. The van der Waals surface area contributed by atoms with Crippen LogP contribution in [0.25, 0.3) is 0 Å². The Morgan fingerprint density at radius 2 is 1.88 bits per heavy atom. The van der Waals surface area contributed by atoms with Crippen molar-refractivity contribution in [1.82, 2.24) is 4.90 Å². The van der Waals surface area contributed by atoms with Crippen LogP contribution in [0.15, 0.2) is 18.2 Å². The first-order valence-corrected chi connectivity index (χ1v) is 12.8. The molecular formula is C27H38N2O3. The molecule has 6 atom stereocenters. The highest BCUT2D eigenvalue weighted by Gasteiger charge is 2.65. The second kappa shape index (κ2) is 7.46. The van der Waals surface area contributed by atoms with Crippen molar-refractivity contribution in [3.63, 3.8) is 0 Å². The Balaban J connectivity index is 1.11. The lowest BCUT2D eigenvalue weighted by Gasteiger charge is -2.51. The Kier molecular flexibility index (Phi) is 4.89. The average molecular weight is 439 g/mol. The summed E-state index contributed by atoms with van der Waals surface area (Å²) in [6.07, 6.45) is 6.00. The van der Waals surface area contributed by atoms with E-state index in [2.05, 4.69) is 48.8 Å². The van der Waals surface area contributed by atoms with Crippen LogP contribution in [-0.4, -0.2) is 61.9 Å². The molecule has 0 bridgehead atoms. The maximum absolute atomic E-state index is 13.0. The summed E-state index contributed by atoms with van der Waals surface area (Å²) in [5.41, 5.74) is 4.44. The number of rotatable bonds is 3. The van der Waals surface area contributed by atoms with Crippen molar-refractivity contribution in [3.8, 4) is 0 Å². The van der Waals surface area contributed by atoms with Crippen molar-refractivity contribution in [2.24, 2.45) is 23.2 Å². The molecule has 2 aliphatic carbocycles. The van der Waals surface area contributed by atoms with Crippen LogP contribution in [0.2, 0.25) is 0 Å². The number of nitrogens with zero attached hydrogens (tertiary/aromatic N) is 2. The zero-order valence-corrected chi connectivity index (χ0v) is 19.9. The third-order valence-corrected chi connectivity index (χ3v) is 9.76. The van der Waals surface area contributed by atoms with Gasteiger partial charge in [0.25, 0.3) is 0 Å². The predicted molar refractivity (Wildman–Crippen MR) is 125 cm³/mol. The lowest BCUT2D eigenvalue weighted by molar-refractivity contribution is -0.147. The summed E-state index contributed by atoms with van der Waals surface area (Å²) < 4.78 is 12.1. The van der Waals surface area contributed by atoms with E-state index in [0.717, 1.165) is 52.2 Å². The third kappa shape index (κ3) is 3.38. The lowest BCUT2D eigenvalue weighted by Crippen LogP contribution is -2.52. The minimum Gasteiger partial charge on any atom is -0.462 e.